The van der Waals surface area contributed by atoms with Crippen LogP contribution in [0.25, 0.3) is 11.0 Å². The molecule has 1 aromatic heterocycles. The second-order valence-electron chi connectivity index (χ2n) is 4.60. The molecule has 0 bridgehead atoms. The van der Waals surface area contributed by atoms with Gasteiger partial charge in [-0.1, -0.05) is 13.0 Å². The highest BCUT2D eigenvalue weighted by Gasteiger charge is 2.44. The molecule has 1 fully saturated rings. The van der Waals surface area contributed by atoms with Crippen molar-refractivity contribution in [3.05, 3.63) is 29.6 Å². The number of nitrogens with one attached hydrogen (secondary N) is 1. The van der Waals surface area contributed by atoms with Gasteiger partial charge in [0.2, 0.25) is 0 Å². The van der Waals surface area contributed by atoms with Crippen molar-refractivity contribution < 1.29 is 9.90 Å². The van der Waals surface area contributed by atoms with Gasteiger partial charge >= 0.3 is 5.97 Å². The summed E-state index contributed by atoms with van der Waals surface area (Å²) in [5.41, 5.74) is 3.07. The highest BCUT2D eigenvalue weighted by Crippen LogP contribution is 2.47. The van der Waals surface area contributed by atoms with E-state index < -0.39 is 5.97 Å². The Morgan fingerprint density at radius 2 is 2.41 bits per heavy atom. The third kappa shape index (κ3) is 1.69. The Balaban J connectivity index is 1.94. The fraction of sp³-hybridized carbons (Fsp3) is 0.385. The highest BCUT2D eigenvalue weighted by molar-refractivity contribution is 5.79. The van der Waals surface area contributed by atoms with Crippen molar-refractivity contribution in [3.8, 4) is 0 Å². The lowest BCUT2D eigenvalue weighted by Gasteiger charge is -1.98. The molecule has 3 rings (SSSR count). The van der Waals surface area contributed by atoms with Crippen LogP contribution in [0.1, 0.15) is 30.7 Å². The number of rotatable bonds is 3. The van der Waals surface area contributed by atoms with Crippen molar-refractivity contribution in [2.24, 2.45) is 5.92 Å². The average Bonchev–Trinajstić information content (AvgIpc) is 3.01. The molecule has 17 heavy (non-hydrogen) atoms. The molecule has 4 nitrogen and oxygen atoms in total. The van der Waals surface area contributed by atoms with Gasteiger partial charge in [0, 0.05) is 6.42 Å². The van der Waals surface area contributed by atoms with E-state index in [1.165, 1.54) is 0 Å². The number of aryl methyl sites for hydroxylation is 1. The Hall–Kier alpha value is -1.84. The zero-order chi connectivity index (χ0) is 12.0. The molecular weight excluding hydrogens is 216 g/mol. The summed E-state index contributed by atoms with van der Waals surface area (Å²) in [7, 11) is 0. The van der Waals surface area contributed by atoms with Crippen molar-refractivity contribution in [1.82, 2.24) is 9.97 Å². The molecular formula is C13H14N2O2. The van der Waals surface area contributed by atoms with E-state index in [0.717, 1.165) is 35.3 Å². The third-order valence-electron chi connectivity index (χ3n) is 3.43. The number of hydrogen-bond acceptors (Lipinski definition) is 2. The van der Waals surface area contributed by atoms with E-state index in [-0.39, 0.29) is 11.8 Å². The number of H-pyrrole nitrogens is 1. The first-order chi connectivity index (χ1) is 8.19. The lowest BCUT2D eigenvalue weighted by molar-refractivity contribution is -0.138. The first kappa shape index (κ1) is 10.3. The highest BCUT2D eigenvalue weighted by atomic mass is 16.4. The van der Waals surface area contributed by atoms with E-state index in [1.807, 2.05) is 18.2 Å². The Morgan fingerprint density at radius 1 is 1.59 bits per heavy atom. The van der Waals surface area contributed by atoms with Crippen LogP contribution in [0.5, 0.6) is 0 Å². The van der Waals surface area contributed by atoms with E-state index in [0.29, 0.717) is 0 Å². The number of nitrogens with zero attached hydrogens (tertiary/aromatic N) is 1. The van der Waals surface area contributed by atoms with Gasteiger partial charge in [0.25, 0.3) is 0 Å². The maximum Gasteiger partial charge on any atom is 0.307 e. The summed E-state index contributed by atoms with van der Waals surface area (Å²) in [6.45, 7) is 2.06. The van der Waals surface area contributed by atoms with Crippen LogP contribution in [0.15, 0.2) is 18.2 Å². The molecule has 2 N–H and O–H groups in total. The number of benzene rings is 1. The summed E-state index contributed by atoms with van der Waals surface area (Å²) in [5.74, 6) is 0.281. The van der Waals surface area contributed by atoms with Crippen LogP contribution in [0.3, 0.4) is 0 Å². The molecule has 0 spiro atoms. The van der Waals surface area contributed by atoms with Gasteiger partial charge in [-0.05, 0) is 30.0 Å². The van der Waals surface area contributed by atoms with Gasteiger partial charge in [-0.25, -0.2) is 4.98 Å². The Morgan fingerprint density at radius 3 is 3.06 bits per heavy atom. The van der Waals surface area contributed by atoms with Gasteiger partial charge < -0.3 is 10.1 Å². The molecule has 2 unspecified atom stereocenters. The topological polar surface area (TPSA) is 66.0 Å². The minimum absolute atomic E-state index is 0.185. The number of carboxylic acids is 1. The SMILES string of the molecule is CCc1nc2ccc(C3CC3C(=O)O)cc2[nH]1. The Kier molecular flexibility index (Phi) is 2.18. The quantitative estimate of drug-likeness (QED) is 0.850. The van der Waals surface area contributed by atoms with Crippen LogP contribution >= 0.6 is 0 Å². The molecule has 88 valence electrons. The molecule has 2 atom stereocenters. The molecule has 4 heteroatoms. The normalized spacial score (nSPS) is 22.9. The van der Waals surface area contributed by atoms with Crippen LogP contribution in [-0.4, -0.2) is 21.0 Å². The van der Waals surface area contributed by atoms with Crippen LogP contribution in [0.4, 0.5) is 0 Å². The molecule has 1 aromatic carbocycles. The van der Waals surface area contributed by atoms with E-state index in [2.05, 4.69) is 16.9 Å². The van der Waals surface area contributed by atoms with Crippen molar-refractivity contribution in [2.45, 2.75) is 25.7 Å². The van der Waals surface area contributed by atoms with Gasteiger partial charge in [0.05, 0.1) is 17.0 Å². The largest absolute Gasteiger partial charge is 0.481 e. The van der Waals surface area contributed by atoms with Crippen molar-refractivity contribution in [1.29, 1.82) is 0 Å². The minimum atomic E-state index is -0.686. The standard InChI is InChI=1S/C13H14N2O2/c1-2-12-14-10-4-3-7(5-11(10)15-12)8-6-9(8)13(16)17/h3-5,8-9H,2,6H2,1H3,(H,14,15)(H,16,17). The Labute approximate surface area is 98.7 Å². The van der Waals surface area contributed by atoms with Gasteiger partial charge in [-0.15, -0.1) is 0 Å². The van der Waals surface area contributed by atoms with Gasteiger partial charge in [-0.3, -0.25) is 4.79 Å². The van der Waals surface area contributed by atoms with Crippen LogP contribution < -0.4 is 0 Å². The molecule has 1 aliphatic carbocycles. The lowest BCUT2D eigenvalue weighted by Crippen LogP contribution is -1.98. The van der Waals surface area contributed by atoms with E-state index in [9.17, 15) is 4.79 Å². The maximum absolute atomic E-state index is 10.8. The maximum atomic E-state index is 10.8. The lowest BCUT2D eigenvalue weighted by atomic mass is 10.1. The predicted octanol–water partition coefficient (Wildman–Crippen LogP) is 2.31. The molecule has 1 heterocycles. The summed E-state index contributed by atoms with van der Waals surface area (Å²) < 4.78 is 0. The van der Waals surface area contributed by atoms with E-state index in [4.69, 9.17) is 5.11 Å². The second-order valence-corrected chi connectivity index (χ2v) is 4.60. The summed E-state index contributed by atoms with van der Waals surface area (Å²) in [6, 6.07) is 6.00. The summed E-state index contributed by atoms with van der Waals surface area (Å²) in [4.78, 5) is 18.5. The van der Waals surface area contributed by atoms with Crippen LogP contribution in [-0.2, 0) is 11.2 Å². The van der Waals surface area contributed by atoms with Gasteiger partial charge in [0.15, 0.2) is 0 Å². The number of carbonyl (C=O) groups is 1. The minimum Gasteiger partial charge on any atom is -0.481 e. The smallest absolute Gasteiger partial charge is 0.307 e. The summed E-state index contributed by atoms with van der Waals surface area (Å²) in [5, 5.41) is 8.92. The van der Waals surface area contributed by atoms with Crippen molar-refractivity contribution in [2.75, 3.05) is 0 Å². The fourth-order valence-corrected chi connectivity index (χ4v) is 2.31. The first-order valence-electron chi connectivity index (χ1n) is 5.90. The predicted molar refractivity (Wildman–Crippen MR) is 64.0 cm³/mol. The fourth-order valence-electron chi connectivity index (χ4n) is 2.31. The van der Waals surface area contributed by atoms with Gasteiger partial charge in [0.1, 0.15) is 5.82 Å². The van der Waals surface area contributed by atoms with Gasteiger partial charge in [-0.2, -0.15) is 0 Å². The second kappa shape index (κ2) is 3.58. The van der Waals surface area contributed by atoms with Crippen molar-refractivity contribution >= 4 is 17.0 Å². The number of aromatic amines is 1. The number of fused-ring (bicyclic) bond motifs is 1. The number of carboxylic acid groups (broad SMARTS) is 1. The molecule has 2 aromatic rings. The van der Waals surface area contributed by atoms with E-state index >= 15 is 0 Å². The molecule has 1 saturated carbocycles. The molecule has 0 aliphatic heterocycles. The summed E-state index contributed by atoms with van der Waals surface area (Å²) >= 11 is 0. The van der Waals surface area contributed by atoms with Crippen LogP contribution in [0, 0.1) is 5.92 Å². The van der Waals surface area contributed by atoms with E-state index in [1.54, 1.807) is 0 Å². The Bertz CT molecular complexity index is 588. The number of hydrogen-bond donors (Lipinski definition) is 2. The zero-order valence-electron chi connectivity index (χ0n) is 9.60. The first-order valence-corrected chi connectivity index (χ1v) is 5.90. The number of imidazole rings is 1. The molecule has 0 saturated heterocycles. The monoisotopic (exact) mass is 230 g/mol. The van der Waals surface area contributed by atoms with Crippen LogP contribution in [0.2, 0.25) is 0 Å². The summed E-state index contributed by atoms with van der Waals surface area (Å²) in [6.07, 6.45) is 1.64. The molecule has 1 aliphatic rings. The average molecular weight is 230 g/mol. The third-order valence-corrected chi connectivity index (χ3v) is 3.43. The number of aliphatic carboxylic acids is 1. The molecule has 0 amide bonds. The number of aromatic nitrogens is 2. The van der Waals surface area contributed by atoms with Crippen molar-refractivity contribution in [3.63, 3.8) is 0 Å². The molecule has 0 radical (unpaired) electrons. The zero-order valence-corrected chi connectivity index (χ0v) is 9.60.